The number of carbonyl (C=O) groups excluding carboxylic acids is 4. The Balaban J connectivity index is 5.44. The van der Waals surface area contributed by atoms with Crippen LogP contribution < -0.4 is 33.2 Å². The number of nitrogens with two attached hydrogens (primary N) is 3. The van der Waals surface area contributed by atoms with E-state index in [0.717, 1.165) is 0 Å². The number of primary amides is 1. The largest absolute Gasteiger partial charge is 0.481 e. The van der Waals surface area contributed by atoms with Gasteiger partial charge < -0.3 is 43.4 Å². The normalized spacial score (nSPS) is 14.4. The standard InChI is InChI=1S/C17H30N6O8/c1-8(19)14(27)21-9(4-2-3-5-18)15(28)22-10(7-13(25)26)16(29)23-11(17(30)31)6-12(20)24/h8-11H,2-7,18-19H2,1H3,(H2,20,24)(H,21,27)(H,22,28)(H,23,29)(H,25,26)(H,30,31). The molecule has 0 aliphatic heterocycles. The maximum atomic E-state index is 12.6. The first kappa shape index (κ1) is 27.7. The van der Waals surface area contributed by atoms with Crippen LogP contribution in [0.4, 0.5) is 0 Å². The van der Waals surface area contributed by atoms with Gasteiger partial charge in [-0.15, -0.1) is 0 Å². The molecule has 14 heteroatoms. The van der Waals surface area contributed by atoms with Crippen LogP contribution in [-0.4, -0.2) is 76.5 Å². The molecule has 0 heterocycles. The molecule has 0 spiro atoms. The second-order valence-electron chi connectivity index (χ2n) is 6.86. The highest BCUT2D eigenvalue weighted by atomic mass is 16.4. The number of amides is 4. The van der Waals surface area contributed by atoms with Crippen LogP contribution in [0.2, 0.25) is 0 Å². The Kier molecular flexibility index (Phi) is 12.4. The smallest absolute Gasteiger partial charge is 0.326 e. The van der Waals surface area contributed by atoms with Gasteiger partial charge in [-0.05, 0) is 32.7 Å². The molecule has 176 valence electrons. The van der Waals surface area contributed by atoms with E-state index in [1.165, 1.54) is 6.92 Å². The van der Waals surface area contributed by atoms with Crippen LogP contribution in [0.1, 0.15) is 39.0 Å². The second-order valence-corrected chi connectivity index (χ2v) is 6.86. The first-order valence-corrected chi connectivity index (χ1v) is 9.48. The van der Waals surface area contributed by atoms with Gasteiger partial charge >= 0.3 is 11.9 Å². The molecule has 0 saturated heterocycles. The van der Waals surface area contributed by atoms with Crippen LogP contribution in [0.15, 0.2) is 0 Å². The monoisotopic (exact) mass is 446 g/mol. The van der Waals surface area contributed by atoms with E-state index in [4.69, 9.17) is 27.4 Å². The van der Waals surface area contributed by atoms with E-state index >= 15 is 0 Å². The van der Waals surface area contributed by atoms with Gasteiger partial charge in [0.05, 0.1) is 18.9 Å². The van der Waals surface area contributed by atoms with Crippen molar-refractivity contribution in [2.75, 3.05) is 6.54 Å². The zero-order chi connectivity index (χ0) is 24.1. The fraction of sp³-hybridized carbons (Fsp3) is 0.647. The van der Waals surface area contributed by atoms with E-state index < -0.39 is 72.6 Å². The molecule has 0 rings (SSSR count). The van der Waals surface area contributed by atoms with Crippen LogP contribution in [-0.2, 0) is 28.8 Å². The maximum absolute atomic E-state index is 12.6. The van der Waals surface area contributed by atoms with Crippen molar-refractivity contribution in [3.8, 4) is 0 Å². The minimum Gasteiger partial charge on any atom is -0.481 e. The van der Waals surface area contributed by atoms with Gasteiger partial charge in [0.1, 0.15) is 18.1 Å². The Morgan fingerprint density at radius 3 is 1.77 bits per heavy atom. The molecular formula is C17H30N6O8. The third-order valence-corrected chi connectivity index (χ3v) is 4.03. The topological polar surface area (TPSA) is 257 Å². The number of unbranched alkanes of at least 4 members (excludes halogenated alkanes) is 1. The molecule has 0 radical (unpaired) electrons. The van der Waals surface area contributed by atoms with Gasteiger partial charge in [-0.25, -0.2) is 4.79 Å². The maximum Gasteiger partial charge on any atom is 0.326 e. The van der Waals surface area contributed by atoms with Crippen molar-refractivity contribution >= 4 is 35.6 Å². The summed E-state index contributed by atoms with van der Waals surface area (Å²) >= 11 is 0. The zero-order valence-corrected chi connectivity index (χ0v) is 17.1. The summed E-state index contributed by atoms with van der Waals surface area (Å²) in [7, 11) is 0. The van der Waals surface area contributed by atoms with Gasteiger partial charge in [-0.2, -0.15) is 0 Å². The molecule has 0 fully saturated rings. The molecule has 4 amide bonds. The first-order valence-electron chi connectivity index (χ1n) is 9.48. The van der Waals surface area contributed by atoms with Gasteiger partial charge in [0.25, 0.3) is 0 Å². The van der Waals surface area contributed by atoms with Crippen LogP contribution in [0.5, 0.6) is 0 Å². The fourth-order valence-electron chi connectivity index (χ4n) is 2.39. The lowest BCUT2D eigenvalue weighted by Crippen LogP contribution is -2.57. The number of carboxylic acids is 2. The third kappa shape index (κ3) is 11.5. The Bertz CT molecular complexity index is 684. The highest BCUT2D eigenvalue weighted by Gasteiger charge is 2.31. The van der Waals surface area contributed by atoms with Crippen molar-refractivity contribution in [1.82, 2.24) is 16.0 Å². The molecule has 14 nitrogen and oxygen atoms in total. The molecule has 0 aliphatic carbocycles. The van der Waals surface area contributed by atoms with Crippen molar-refractivity contribution in [1.29, 1.82) is 0 Å². The van der Waals surface area contributed by atoms with Crippen molar-refractivity contribution in [3.63, 3.8) is 0 Å². The van der Waals surface area contributed by atoms with Gasteiger partial charge in [0, 0.05) is 0 Å². The van der Waals surface area contributed by atoms with Gasteiger partial charge in [-0.1, -0.05) is 0 Å². The van der Waals surface area contributed by atoms with Gasteiger partial charge in [0.15, 0.2) is 0 Å². The first-order chi connectivity index (χ1) is 14.4. The Morgan fingerprint density at radius 1 is 0.806 bits per heavy atom. The number of carboxylic acid groups (broad SMARTS) is 2. The van der Waals surface area contributed by atoms with Crippen molar-refractivity contribution in [2.24, 2.45) is 17.2 Å². The number of hydrogen-bond donors (Lipinski definition) is 8. The summed E-state index contributed by atoms with van der Waals surface area (Å²) in [4.78, 5) is 70.2. The predicted molar refractivity (Wildman–Crippen MR) is 106 cm³/mol. The van der Waals surface area contributed by atoms with E-state index in [2.05, 4.69) is 10.6 Å². The molecule has 31 heavy (non-hydrogen) atoms. The lowest BCUT2D eigenvalue weighted by molar-refractivity contribution is -0.144. The Hall–Kier alpha value is -3.26. The molecule has 11 N–H and O–H groups in total. The molecule has 0 aromatic rings. The SMILES string of the molecule is CC(N)C(=O)NC(CCCCN)C(=O)NC(CC(=O)O)C(=O)NC(CC(N)=O)C(=O)O. The molecule has 0 aliphatic rings. The van der Waals surface area contributed by atoms with Crippen molar-refractivity contribution in [3.05, 3.63) is 0 Å². The molecule has 0 aromatic carbocycles. The zero-order valence-electron chi connectivity index (χ0n) is 17.1. The highest BCUT2D eigenvalue weighted by molar-refractivity contribution is 5.96. The molecule has 0 bridgehead atoms. The van der Waals surface area contributed by atoms with E-state index in [9.17, 15) is 28.8 Å². The number of rotatable bonds is 15. The minimum atomic E-state index is -1.71. The third-order valence-electron chi connectivity index (χ3n) is 4.03. The van der Waals surface area contributed by atoms with Crippen LogP contribution in [0.25, 0.3) is 0 Å². The number of aliphatic carboxylic acids is 2. The summed E-state index contributed by atoms with van der Waals surface area (Å²) in [5.74, 6) is -6.69. The van der Waals surface area contributed by atoms with Crippen LogP contribution in [0.3, 0.4) is 0 Å². The van der Waals surface area contributed by atoms with Crippen LogP contribution >= 0.6 is 0 Å². The fourth-order valence-corrected chi connectivity index (χ4v) is 2.39. The molecule has 4 unspecified atom stereocenters. The quantitative estimate of drug-likeness (QED) is 0.114. The number of carbonyl (C=O) groups is 6. The molecule has 4 atom stereocenters. The predicted octanol–water partition coefficient (Wildman–Crippen LogP) is -3.65. The second kappa shape index (κ2) is 13.9. The average Bonchev–Trinajstić information content (AvgIpc) is 2.64. The Morgan fingerprint density at radius 2 is 1.32 bits per heavy atom. The summed E-state index contributed by atoms with van der Waals surface area (Å²) in [6, 6.07) is -5.44. The summed E-state index contributed by atoms with van der Waals surface area (Å²) in [5, 5.41) is 24.7. The van der Waals surface area contributed by atoms with E-state index in [0.29, 0.717) is 19.4 Å². The highest BCUT2D eigenvalue weighted by Crippen LogP contribution is 2.04. The molecule has 0 saturated carbocycles. The van der Waals surface area contributed by atoms with E-state index in [-0.39, 0.29) is 6.42 Å². The summed E-state index contributed by atoms with van der Waals surface area (Å²) in [6.07, 6.45) is -0.478. The molecule has 0 aromatic heterocycles. The summed E-state index contributed by atoms with van der Waals surface area (Å²) < 4.78 is 0. The Labute approximate surface area is 178 Å². The van der Waals surface area contributed by atoms with Gasteiger partial charge in [-0.3, -0.25) is 24.0 Å². The van der Waals surface area contributed by atoms with Gasteiger partial charge in [0.2, 0.25) is 23.6 Å². The summed E-state index contributed by atoms with van der Waals surface area (Å²) in [5.41, 5.74) is 15.8. The summed E-state index contributed by atoms with van der Waals surface area (Å²) in [6.45, 7) is 1.74. The number of nitrogens with one attached hydrogen (secondary N) is 3. The minimum absolute atomic E-state index is 0.141. The lowest BCUT2D eigenvalue weighted by atomic mass is 10.1. The lowest BCUT2D eigenvalue weighted by Gasteiger charge is -2.24. The number of hydrogen-bond acceptors (Lipinski definition) is 8. The van der Waals surface area contributed by atoms with Crippen molar-refractivity contribution in [2.45, 2.75) is 63.2 Å². The average molecular weight is 446 g/mol. The van der Waals surface area contributed by atoms with Crippen molar-refractivity contribution < 1.29 is 39.0 Å². The van der Waals surface area contributed by atoms with E-state index in [1.54, 1.807) is 0 Å². The van der Waals surface area contributed by atoms with Crippen LogP contribution in [0, 0.1) is 0 Å². The van der Waals surface area contributed by atoms with E-state index in [1.807, 2.05) is 5.32 Å². The molecular weight excluding hydrogens is 416 g/mol.